The fourth-order valence-electron chi connectivity index (χ4n) is 2.87. The molecule has 3 rings (SSSR count). The minimum atomic E-state index is -0.253. The SMILES string of the molecule is Cc1ccc(Cn2c(C)c(C(=O)NN)c3ccccc32)cc1. The molecule has 0 aliphatic carbocycles. The zero-order valence-electron chi connectivity index (χ0n) is 12.8. The second-order valence-corrected chi connectivity index (χ2v) is 5.52. The molecular weight excluding hydrogens is 274 g/mol. The molecule has 1 aromatic heterocycles. The van der Waals surface area contributed by atoms with Crippen LogP contribution < -0.4 is 11.3 Å². The summed E-state index contributed by atoms with van der Waals surface area (Å²) in [6.45, 7) is 4.76. The molecule has 1 amide bonds. The van der Waals surface area contributed by atoms with Crippen molar-refractivity contribution in [3.05, 3.63) is 70.9 Å². The Morgan fingerprint density at radius 1 is 1.09 bits per heavy atom. The first kappa shape index (κ1) is 14.4. The van der Waals surface area contributed by atoms with E-state index < -0.39 is 0 Å². The summed E-state index contributed by atoms with van der Waals surface area (Å²) in [5.74, 6) is 5.08. The maximum atomic E-state index is 12.1. The van der Waals surface area contributed by atoms with Gasteiger partial charge in [-0.3, -0.25) is 10.2 Å². The number of fused-ring (bicyclic) bond motifs is 1. The van der Waals surface area contributed by atoms with Crippen LogP contribution in [-0.2, 0) is 6.54 Å². The number of para-hydroxylation sites is 1. The molecule has 1 heterocycles. The lowest BCUT2D eigenvalue weighted by molar-refractivity contribution is 0.0954. The summed E-state index contributed by atoms with van der Waals surface area (Å²) in [6, 6.07) is 16.3. The lowest BCUT2D eigenvalue weighted by Gasteiger charge is -2.09. The largest absolute Gasteiger partial charge is 0.340 e. The molecule has 0 saturated carbocycles. The number of hydrazine groups is 1. The Kier molecular flexibility index (Phi) is 3.69. The Balaban J connectivity index is 2.15. The Morgan fingerprint density at radius 3 is 2.45 bits per heavy atom. The van der Waals surface area contributed by atoms with Crippen LogP contribution in [0.15, 0.2) is 48.5 Å². The molecule has 0 bridgehead atoms. The number of nitrogens with zero attached hydrogens (tertiary/aromatic N) is 1. The van der Waals surface area contributed by atoms with E-state index in [2.05, 4.69) is 41.2 Å². The number of benzene rings is 2. The second-order valence-electron chi connectivity index (χ2n) is 5.52. The first-order chi connectivity index (χ1) is 10.6. The van der Waals surface area contributed by atoms with Gasteiger partial charge in [-0.15, -0.1) is 0 Å². The van der Waals surface area contributed by atoms with Gasteiger partial charge in [0.25, 0.3) is 5.91 Å². The van der Waals surface area contributed by atoms with Gasteiger partial charge in [0.1, 0.15) is 0 Å². The van der Waals surface area contributed by atoms with Crippen LogP contribution in [0, 0.1) is 13.8 Å². The molecule has 0 aliphatic heterocycles. The number of nitrogens with two attached hydrogens (primary N) is 1. The van der Waals surface area contributed by atoms with Crippen LogP contribution in [-0.4, -0.2) is 10.5 Å². The van der Waals surface area contributed by atoms with Crippen molar-refractivity contribution in [2.24, 2.45) is 5.84 Å². The van der Waals surface area contributed by atoms with Crippen molar-refractivity contribution in [2.75, 3.05) is 0 Å². The van der Waals surface area contributed by atoms with E-state index in [1.165, 1.54) is 11.1 Å². The van der Waals surface area contributed by atoms with Crippen molar-refractivity contribution in [1.82, 2.24) is 9.99 Å². The molecule has 0 aliphatic rings. The molecule has 3 aromatic rings. The zero-order valence-corrected chi connectivity index (χ0v) is 12.8. The standard InChI is InChI=1S/C18H19N3O/c1-12-7-9-14(10-8-12)11-21-13(2)17(18(22)20-19)15-5-3-4-6-16(15)21/h3-10H,11,19H2,1-2H3,(H,20,22). The highest BCUT2D eigenvalue weighted by molar-refractivity contribution is 6.08. The highest BCUT2D eigenvalue weighted by atomic mass is 16.2. The normalized spacial score (nSPS) is 10.9. The average molecular weight is 293 g/mol. The number of nitrogens with one attached hydrogen (secondary N) is 1. The third-order valence-corrected chi connectivity index (χ3v) is 4.05. The van der Waals surface area contributed by atoms with E-state index >= 15 is 0 Å². The number of carbonyl (C=O) groups is 1. The van der Waals surface area contributed by atoms with Gasteiger partial charge in [0, 0.05) is 23.1 Å². The summed E-state index contributed by atoms with van der Waals surface area (Å²) < 4.78 is 2.16. The van der Waals surface area contributed by atoms with Gasteiger partial charge in [0.15, 0.2) is 0 Å². The minimum Gasteiger partial charge on any atom is -0.340 e. The molecule has 2 aromatic carbocycles. The van der Waals surface area contributed by atoms with Gasteiger partial charge in [0.2, 0.25) is 0 Å². The first-order valence-electron chi connectivity index (χ1n) is 7.26. The number of aryl methyl sites for hydroxylation is 1. The van der Waals surface area contributed by atoms with Crippen molar-refractivity contribution in [1.29, 1.82) is 0 Å². The molecule has 0 radical (unpaired) electrons. The van der Waals surface area contributed by atoms with Crippen molar-refractivity contribution in [3.8, 4) is 0 Å². The van der Waals surface area contributed by atoms with E-state index in [1.807, 2.05) is 31.2 Å². The van der Waals surface area contributed by atoms with Gasteiger partial charge in [0.05, 0.1) is 5.56 Å². The topological polar surface area (TPSA) is 60.0 Å². The maximum absolute atomic E-state index is 12.1. The van der Waals surface area contributed by atoms with Gasteiger partial charge in [-0.05, 0) is 25.5 Å². The lowest BCUT2D eigenvalue weighted by Crippen LogP contribution is -2.30. The number of nitrogen functional groups attached to an aromatic ring is 1. The van der Waals surface area contributed by atoms with Gasteiger partial charge < -0.3 is 4.57 Å². The van der Waals surface area contributed by atoms with Crippen LogP contribution in [0.2, 0.25) is 0 Å². The average Bonchev–Trinajstić information content (AvgIpc) is 2.81. The van der Waals surface area contributed by atoms with Crippen molar-refractivity contribution in [2.45, 2.75) is 20.4 Å². The molecule has 0 atom stereocenters. The maximum Gasteiger partial charge on any atom is 0.267 e. The number of amides is 1. The third-order valence-electron chi connectivity index (χ3n) is 4.05. The number of aromatic nitrogens is 1. The summed E-state index contributed by atoms with van der Waals surface area (Å²) in [7, 11) is 0. The molecule has 4 nitrogen and oxygen atoms in total. The highest BCUT2D eigenvalue weighted by Crippen LogP contribution is 2.26. The number of rotatable bonds is 3. The predicted octanol–water partition coefficient (Wildman–Crippen LogP) is 2.91. The van der Waals surface area contributed by atoms with Crippen molar-refractivity contribution >= 4 is 16.8 Å². The summed E-state index contributed by atoms with van der Waals surface area (Å²) >= 11 is 0. The molecular formula is C18H19N3O. The fraction of sp³-hybridized carbons (Fsp3) is 0.167. The van der Waals surface area contributed by atoms with E-state index in [4.69, 9.17) is 5.84 Å². The summed E-state index contributed by atoms with van der Waals surface area (Å²) in [5, 5.41) is 0.926. The first-order valence-corrected chi connectivity index (χ1v) is 7.26. The quantitative estimate of drug-likeness (QED) is 0.443. The highest BCUT2D eigenvalue weighted by Gasteiger charge is 2.18. The zero-order chi connectivity index (χ0) is 15.7. The number of hydrogen-bond acceptors (Lipinski definition) is 2. The Bertz CT molecular complexity index is 831. The van der Waals surface area contributed by atoms with Crippen molar-refractivity contribution < 1.29 is 4.79 Å². The molecule has 0 spiro atoms. The van der Waals surface area contributed by atoms with Gasteiger partial charge in [-0.25, -0.2) is 5.84 Å². The second kappa shape index (κ2) is 5.66. The smallest absolute Gasteiger partial charge is 0.267 e. The summed E-state index contributed by atoms with van der Waals surface area (Å²) in [6.07, 6.45) is 0. The van der Waals surface area contributed by atoms with E-state index in [1.54, 1.807) is 0 Å². The molecule has 0 saturated heterocycles. The van der Waals surface area contributed by atoms with Crippen LogP contribution in [0.3, 0.4) is 0 Å². The molecule has 22 heavy (non-hydrogen) atoms. The van der Waals surface area contributed by atoms with Crippen LogP contribution in [0.4, 0.5) is 0 Å². The molecule has 0 fully saturated rings. The van der Waals surface area contributed by atoms with Gasteiger partial charge in [-0.2, -0.15) is 0 Å². The Morgan fingerprint density at radius 2 is 1.77 bits per heavy atom. The third kappa shape index (κ3) is 2.38. The fourth-order valence-corrected chi connectivity index (χ4v) is 2.87. The van der Waals surface area contributed by atoms with Crippen LogP contribution >= 0.6 is 0 Å². The monoisotopic (exact) mass is 293 g/mol. The summed E-state index contributed by atoms with van der Waals surface area (Å²) in [5.41, 5.74) is 7.29. The number of hydrogen-bond donors (Lipinski definition) is 2. The Hall–Kier alpha value is -2.59. The van der Waals surface area contributed by atoms with E-state index in [-0.39, 0.29) is 5.91 Å². The summed E-state index contributed by atoms with van der Waals surface area (Å²) in [4.78, 5) is 12.1. The molecule has 4 heteroatoms. The van der Waals surface area contributed by atoms with Crippen LogP contribution in [0.1, 0.15) is 27.2 Å². The Labute approximate surface area is 129 Å². The van der Waals surface area contributed by atoms with Crippen molar-refractivity contribution in [3.63, 3.8) is 0 Å². The minimum absolute atomic E-state index is 0.253. The van der Waals surface area contributed by atoms with Crippen LogP contribution in [0.25, 0.3) is 10.9 Å². The predicted molar refractivity (Wildman–Crippen MR) is 88.6 cm³/mol. The molecule has 3 N–H and O–H groups in total. The van der Waals surface area contributed by atoms with Crippen LogP contribution in [0.5, 0.6) is 0 Å². The lowest BCUT2D eigenvalue weighted by atomic mass is 10.1. The number of carbonyl (C=O) groups excluding carboxylic acids is 1. The van der Waals surface area contributed by atoms with E-state index in [9.17, 15) is 4.79 Å². The molecule has 0 unspecified atom stereocenters. The van der Waals surface area contributed by atoms with Gasteiger partial charge >= 0.3 is 0 Å². The van der Waals surface area contributed by atoms with Gasteiger partial charge in [-0.1, -0.05) is 48.0 Å². The van der Waals surface area contributed by atoms with E-state index in [0.29, 0.717) is 5.56 Å². The van der Waals surface area contributed by atoms with E-state index in [0.717, 1.165) is 23.1 Å². The molecule has 112 valence electrons.